The first kappa shape index (κ1) is 25.7. The topological polar surface area (TPSA) is 107 Å². The number of carboxylic acid groups (broad SMARTS) is 1. The molecule has 1 unspecified atom stereocenters. The van der Waals surface area contributed by atoms with Crippen molar-refractivity contribution in [2.24, 2.45) is 0 Å². The Balaban J connectivity index is 1.01. The Labute approximate surface area is 237 Å². The summed E-state index contributed by atoms with van der Waals surface area (Å²) >= 11 is 0. The second-order valence-corrected chi connectivity index (χ2v) is 10.9. The van der Waals surface area contributed by atoms with Gasteiger partial charge in [-0.1, -0.05) is 12.1 Å². The number of carbonyl (C=O) groups is 1. The Hall–Kier alpha value is -4.28. The van der Waals surface area contributed by atoms with Gasteiger partial charge in [-0.15, -0.1) is 0 Å². The molecule has 0 saturated carbocycles. The quantitative estimate of drug-likeness (QED) is 0.284. The van der Waals surface area contributed by atoms with Crippen molar-refractivity contribution in [3.05, 3.63) is 89.6 Å². The van der Waals surface area contributed by atoms with Crippen LogP contribution in [0.25, 0.3) is 16.6 Å². The van der Waals surface area contributed by atoms with Crippen molar-refractivity contribution in [2.75, 3.05) is 19.7 Å². The highest BCUT2D eigenvalue weighted by molar-refractivity contribution is 5.92. The first-order valence-electron chi connectivity index (χ1n) is 14.2. The van der Waals surface area contributed by atoms with Crippen molar-refractivity contribution in [1.82, 2.24) is 29.0 Å². The van der Waals surface area contributed by atoms with E-state index in [0.717, 1.165) is 72.6 Å². The molecule has 0 spiro atoms. The number of benzene rings is 1. The number of hydrogen-bond donors (Lipinski definition) is 1. The maximum Gasteiger partial charge on any atom is 0.335 e. The van der Waals surface area contributed by atoms with E-state index in [1.54, 1.807) is 18.3 Å². The van der Waals surface area contributed by atoms with Gasteiger partial charge in [0.2, 0.25) is 5.88 Å². The lowest BCUT2D eigenvalue weighted by molar-refractivity contribution is -0.0592. The average molecular weight is 553 g/mol. The zero-order valence-corrected chi connectivity index (χ0v) is 22.7. The van der Waals surface area contributed by atoms with Crippen LogP contribution in [0.1, 0.15) is 52.6 Å². The average Bonchev–Trinajstić information content (AvgIpc) is 3.59. The minimum atomic E-state index is -0.929. The van der Waals surface area contributed by atoms with Crippen LogP contribution in [0.2, 0.25) is 0 Å². The highest BCUT2D eigenvalue weighted by atomic mass is 16.5. The van der Waals surface area contributed by atoms with Gasteiger partial charge < -0.3 is 19.1 Å². The van der Waals surface area contributed by atoms with Crippen molar-refractivity contribution < 1.29 is 19.4 Å². The van der Waals surface area contributed by atoms with Crippen molar-refractivity contribution >= 4 is 22.5 Å². The summed E-state index contributed by atoms with van der Waals surface area (Å²) in [6, 6.07) is 17.2. The monoisotopic (exact) mass is 552 g/mol. The summed E-state index contributed by atoms with van der Waals surface area (Å²) in [6.45, 7) is 4.49. The molecule has 0 bridgehead atoms. The number of fused-ring (bicyclic) bond motifs is 2. The Kier molecular flexibility index (Phi) is 6.85. The van der Waals surface area contributed by atoms with Crippen LogP contribution in [-0.2, 0) is 24.4 Å². The van der Waals surface area contributed by atoms with Crippen molar-refractivity contribution in [3.63, 3.8) is 0 Å². The summed E-state index contributed by atoms with van der Waals surface area (Å²) in [7, 11) is 0. The van der Waals surface area contributed by atoms with Crippen LogP contribution in [-0.4, -0.2) is 65.9 Å². The Morgan fingerprint density at radius 2 is 1.90 bits per heavy atom. The largest absolute Gasteiger partial charge is 0.478 e. The summed E-state index contributed by atoms with van der Waals surface area (Å²) in [5.41, 5.74) is 5.13. The summed E-state index contributed by atoms with van der Waals surface area (Å²) in [5.74, 6) is 1.03. The number of nitrogens with zero attached hydrogens (tertiary/aromatic N) is 6. The molecule has 1 aromatic carbocycles. The van der Waals surface area contributed by atoms with E-state index in [9.17, 15) is 9.90 Å². The second-order valence-electron chi connectivity index (χ2n) is 10.9. The third-order valence-electron chi connectivity index (χ3n) is 8.27. The lowest BCUT2D eigenvalue weighted by Crippen LogP contribution is -2.35. The first-order valence-corrected chi connectivity index (χ1v) is 14.2. The number of piperidine rings is 1. The van der Waals surface area contributed by atoms with Crippen LogP contribution in [0.4, 0.5) is 0 Å². The highest BCUT2D eigenvalue weighted by Gasteiger charge is 2.26. The van der Waals surface area contributed by atoms with E-state index in [0.29, 0.717) is 31.5 Å². The summed E-state index contributed by atoms with van der Waals surface area (Å²) in [5, 5.41) is 13.8. The normalized spacial score (nSPS) is 18.1. The molecule has 41 heavy (non-hydrogen) atoms. The molecule has 2 fully saturated rings. The van der Waals surface area contributed by atoms with Gasteiger partial charge in [0.1, 0.15) is 12.4 Å². The van der Waals surface area contributed by atoms with Gasteiger partial charge in [0, 0.05) is 42.2 Å². The summed E-state index contributed by atoms with van der Waals surface area (Å²) < 4.78 is 15.8. The number of pyridine rings is 2. The molecule has 0 amide bonds. The molecule has 7 rings (SSSR count). The molecule has 2 saturated heterocycles. The van der Waals surface area contributed by atoms with Gasteiger partial charge in [0.25, 0.3) is 0 Å². The van der Waals surface area contributed by atoms with Crippen LogP contribution in [0.3, 0.4) is 0 Å². The molecule has 6 heterocycles. The van der Waals surface area contributed by atoms with Crippen molar-refractivity contribution in [1.29, 1.82) is 0 Å². The van der Waals surface area contributed by atoms with Gasteiger partial charge >= 0.3 is 5.97 Å². The maximum absolute atomic E-state index is 11.6. The van der Waals surface area contributed by atoms with Crippen LogP contribution >= 0.6 is 0 Å². The molecule has 4 aromatic heterocycles. The van der Waals surface area contributed by atoms with Crippen LogP contribution < -0.4 is 4.74 Å². The van der Waals surface area contributed by atoms with Crippen molar-refractivity contribution in [2.45, 2.75) is 51.0 Å². The summed E-state index contributed by atoms with van der Waals surface area (Å²) in [4.78, 5) is 23.8. The van der Waals surface area contributed by atoms with E-state index in [2.05, 4.69) is 26.7 Å². The number of aromatic carboxylic acids is 1. The Bertz CT molecular complexity index is 1700. The van der Waals surface area contributed by atoms with E-state index in [1.807, 2.05) is 41.0 Å². The van der Waals surface area contributed by atoms with Gasteiger partial charge in [-0.25, -0.2) is 19.3 Å². The molecule has 1 atom stereocenters. The Morgan fingerprint density at radius 3 is 2.71 bits per heavy atom. The third-order valence-corrected chi connectivity index (χ3v) is 8.27. The van der Waals surface area contributed by atoms with Gasteiger partial charge in [-0.3, -0.25) is 4.90 Å². The Morgan fingerprint density at radius 1 is 1.02 bits per heavy atom. The molecule has 1 N–H and O–H groups in total. The van der Waals surface area contributed by atoms with Crippen LogP contribution in [0.15, 0.2) is 67.0 Å². The van der Waals surface area contributed by atoms with Gasteiger partial charge in [0.15, 0.2) is 0 Å². The number of aromatic nitrogens is 5. The van der Waals surface area contributed by atoms with E-state index in [4.69, 9.17) is 19.4 Å². The molecule has 0 aliphatic carbocycles. The molecule has 2 aliphatic heterocycles. The molecular formula is C31H32N6O4. The van der Waals surface area contributed by atoms with Crippen LogP contribution in [0, 0.1) is 0 Å². The van der Waals surface area contributed by atoms with E-state index in [-0.39, 0.29) is 11.7 Å². The van der Waals surface area contributed by atoms with E-state index < -0.39 is 5.97 Å². The highest BCUT2D eigenvalue weighted by Crippen LogP contribution is 2.30. The lowest BCUT2D eigenvalue weighted by atomic mass is 9.93. The number of hydrogen-bond acceptors (Lipinski definition) is 7. The minimum Gasteiger partial charge on any atom is -0.478 e. The molecule has 0 radical (unpaired) electrons. The molecule has 210 valence electrons. The van der Waals surface area contributed by atoms with Gasteiger partial charge in [-0.05, 0) is 68.8 Å². The van der Waals surface area contributed by atoms with Gasteiger partial charge in [-0.2, -0.15) is 5.10 Å². The fourth-order valence-corrected chi connectivity index (χ4v) is 5.87. The summed E-state index contributed by atoms with van der Waals surface area (Å²) in [6.07, 6.45) is 6.88. The number of ether oxygens (including phenoxy) is 2. The number of rotatable bonds is 9. The third kappa shape index (κ3) is 5.28. The minimum absolute atomic E-state index is 0.152. The molecule has 10 nitrogen and oxygen atoms in total. The fourth-order valence-electron chi connectivity index (χ4n) is 5.87. The van der Waals surface area contributed by atoms with Gasteiger partial charge in [0.05, 0.1) is 41.3 Å². The SMILES string of the molecule is O=C(O)c1ccc2nc(CN3CCC(c4cccc(OCc5cccn6nccc56)n4)CC3)n(CC3CCO3)c2c1. The molecule has 5 aromatic rings. The zero-order chi connectivity index (χ0) is 27.8. The zero-order valence-electron chi connectivity index (χ0n) is 22.7. The maximum atomic E-state index is 11.6. The molecule has 2 aliphatic rings. The molecular weight excluding hydrogens is 520 g/mol. The second kappa shape index (κ2) is 10.9. The number of imidazole rings is 1. The smallest absolute Gasteiger partial charge is 0.335 e. The lowest BCUT2D eigenvalue weighted by Gasteiger charge is -2.32. The standard InChI is InChI=1S/C31H32N6O4/c38-31(39)22-6-7-26-28(17-22)36(18-24-11-16-40-24)29(33-26)19-35-14-9-21(10-15-35)25-4-1-5-30(34-25)41-20-23-3-2-13-37-27(23)8-12-32-37/h1-8,12-13,17,21,24H,9-11,14-16,18-20H2,(H,38,39). The number of likely N-dealkylation sites (tertiary alicyclic amines) is 1. The van der Waals surface area contributed by atoms with E-state index >= 15 is 0 Å². The predicted molar refractivity (Wildman–Crippen MR) is 152 cm³/mol. The van der Waals surface area contributed by atoms with E-state index in [1.165, 1.54) is 0 Å². The van der Waals surface area contributed by atoms with Crippen LogP contribution in [0.5, 0.6) is 5.88 Å². The predicted octanol–water partition coefficient (Wildman–Crippen LogP) is 4.52. The first-order chi connectivity index (χ1) is 20.1. The van der Waals surface area contributed by atoms with Crippen molar-refractivity contribution in [3.8, 4) is 5.88 Å². The molecule has 10 heteroatoms. The number of carboxylic acids is 1. The fraction of sp³-hybridized carbons (Fsp3) is 0.355.